The first-order chi connectivity index (χ1) is 8.93. The number of ether oxygens (including phenoxy) is 1. The van der Waals surface area contributed by atoms with E-state index in [9.17, 15) is 31.1 Å². The summed E-state index contributed by atoms with van der Waals surface area (Å²) in [6.07, 6.45) is -15.5. The van der Waals surface area contributed by atoms with E-state index in [4.69, 9.17) is 5.11 Å². The molecule has 0 heterocycles. The van der Waals surface area contributed by atoms with Gasteiger partial charge in [-0.25, -0.2) is 4.79 Å². The molecule has 9 heteroatoms. The van der Waals surface area contributed by atoms with Crippen molar-refractivity contribution in [3.8, 4) is 5.75 Å². The van der Waals surface area contributed by atoms with Crippen molar-refractivity contribution in [2.45, 2.75) is 25.4 Å². The molecule has 3 nitrogen and oxygen atoms in total. The number of carboxylic acids is 1. The largest absolute Gasteiger partial charge is 0.478 e. The number of aromatic carboxylic acids is 1. The standard InChI is InChI=1S/C11H8F6O3/c1-5-2-3-7(6(4-5)8(18)19)20-9(10(12,13)14)11(15,16)17/h2-4,9H,1H3,(H,18,19). The van der Waals surface area contributed by atoms with Crippen LogP contribution in [-0.4, -0.2) is 29.5 Å². The highest BCUT2D eigenvalue weighted by molar-refractivity contribution is 5.91. The maximum absolute atomic E-state index is 12.3. The molecule has 0 aliphatic rings. The average molecular weight is 302 g/mol. The second-order valence-corrected chi connectivity index (χ2v) is 3.89. The van der Waals surface area contributed by atoms with E-state index < -0.39 is 35.7 Å². The molecule has 1 aromatic rings. The second kappa shape index (κ2) is 5.22. The Balaban J connectivity index is 3.22. The Kier molecular flexibility index (Phi) is 4.21. The lowest BCUT2D eigenvalue weighted by atomic mass is 10.1. The van der Waals surface area contributed by atoms with E-state index in [0.717, 1.165) is 18.2 Å². The SMILES string of the molecule is Cc1ccc(OC(C(F)(F)F)C(F)(F)F)c(C(=O)O)c1. The molecule has 0 fully saturated rings. The summed E-state index contributed by atoms with van der Waals surface area (Å²) in [5.74, 6) is -2.69. The molecule has 1 N–H and O–H groups in total. The maximum Gasteiger partial charge on any atom is 0.434 e. The highest BCUT2D eigenvalue weighted by atomic mass is 19.4. The van der Waals surface area contributed by atoms with Gasteiger partial charge in [0.25, 0.3) is 6.10 Å². The fourth-order valence-electron chi connectivity index (χ4n) is 1.36. The molecule has 1 aromatic carbocycles. The molecule has 0 saturated carbocycles. The van der Waals surface area contributed by atoms with E-state index in [1.54, 1.807) is 0 Å². The lowest BCUT2D eigenvalue weighted by molar-refractivity contribution is -0.299. The third-order valence-corrected chi connectivity index (χ3v) is 2.20. The molecule has 1 rings (SSSR count). The first-order valence-electron chi connectivity index (χ1n) is 5.07. The summed E-state index contributed by atoms with van der Waals surface area (Å²) in [6, 6.07) is 2.82. The topological polar surface area (TPSA) is 46.5 Å². The number of alkyl halides is 6. The molecule has 112 valence electrons. The minimum atomic E-state index is -5.71. The summed E-state index contributed by atoms with van der Waals surface area (Å²) in [7, 11) is 0. The van der Waals surface area contributed by atoms with Crippen LogP contribution in [0.25, 0.3) is 0 Å². The van der Waals surface area contributed by atoms with Crippen LogP contribution in [-0.2, 0) is 0 Å². The van der Waals surface area contributed by atoms with Gasteiger partial charge in [0, 0.05) is 0 Å². The van der Waals surface area contributed by atoms with Crippen molar-refractivity contribution in [3.05, 3.63) is 29.3 Å². The summed E-state index contributed by atoms with van der Waals surface area (Å²) in [5.41, 5.74) is -0.422. The van der Waals surface area contributed by atoms with Crippen molar-refractivity contribution in [2.75, 3.05) is 0 Å². The smallest absolute Gasteiger partial charge is 0.434 e. The number of aryl methyl sites for hydroxylation is 1. The van der Waals surface area contributed by atoms with Crippen molar-refractivity contribution >= 4 is 5.97 Å². The van der Waals surface area contributed by atoms with Crippen LogP contribution in [0, 0.1) is 6.92 Å². The lowest BCUT2D eigenvalue weighted by Gasteiger charge is -2.24. The van der Waals surface area contributed by atoms with Gasteiger partial charge in [-0.2, -0.15) is 26.3 Å². The zero-order valence-corrected chi connectivity index (χ0v) is 9.84. The number of halogens is 6. The van der Waals surface area contributed by atoms with Crippen LogP contribution >= 0.6 is 0 Å². The zero-order valence-electron chi connectivity index (χ0n) is 9.84. The lowest BCUT2D eigenvalue weighted by Crippen LogP contribution is -2.46. The van der Waals surface area contributed by atoms with E-state index in [1.807, 2.05) is 0 Å². The average Bonchev–Trinajstić information content (AvgIpc) is 2.23. The quantitative estimate of drug-likeness (QED) is 0.868. The number of hydrogen-bond donors (Lipinski definition) is 1. The third kappa shape index (κ3) is 3.78. The molecule has 0 saturated heterocycles. The first-order valence-corrected chi connectivity index (χ1v) is 5.07. The molecule has 0 bridgehead atoms. The van der Waals surface area contributed by atoms with Gasteiger partial charge in [-0.1, -0.05) is 11.6 Å². The van der Waals surface area contributed by atoms with Crippen LogP contribution in [0.5, 0.6) is 5.75 Å². The molecular formula is C11H8F6O3. The second-order valence-electron chi connectivity index (χ2n) is 3.89. The molecule has 0 atom stereocenters. The molecule has 0 amide bonds. The summed E-state index contributed by atoms with van der Waals surface area (Å²) in [4.78, 5) is 10.8. The Morgan fingerprint density at radius 3 is 2.05 bits per heavy atom. The van der Waals surface area contributed by atoms with Crippen LogP contribution < -0.4 is 4.74 Å². The van der Waals surface area contributed by atoms with Gasteiger partial charge in [-0.05, 0) is 19.1 Å². The molecule has 20 heavy (non-hydrogen) atoms. The number of hydrogen-bond acceptors (Lipinski definition) is 2. The summed E-state index contributed by atoms with van der Waals surface area (Å²) in [5, 5.41) is 8.77. The molecule has 0 aromatic heterocycles. The van der Waals surface area contributed by atoms with Gasteiger partial charge in [-0.15, -0.1) is 0 Å². The van der Waals surface area contributed by atoms with Crippen LogP contribution in [0.15, 0.2) is 18.2 Å². The van der Waals surface area contributed by atoms with Crippen molar-refractivity contribution < 1.29 is 41.0 Å². The van der Waals surface area contributed by atoms with Crippen LogP contribution in [0.4, 0.5) is 26.3 Å². The maximum atomic E-state index is 12.3. The fourth-order valence-corrected chi connectivity index (χ4v) is 1.36. The van der Waals surface area contributed by atoms with Crippen LogP contribution in [0.3, 0.4) is 0 Å². The number of rotatable bonds is 3. The summed E-state index contributed by atoms with van der Waals surface area (Å²) >= 11 is 0. The predicted molar refractivity (Wildman–Crippen MR) is 54.7 cm³/mol. The Morgan fingerprint density at radius 2 is 1.65 bits per heavy atom. The van der Waals surface area contributed by atoms with Crippen molar-refractivity contribution in [3.63, 3.8) is 0 Å². The van der Waals surface area contributed by atoms with Gasteiger partial charge in [0.15, 0.2) is 0 Å². The van der Waals surface area contributed by atoms with Crippen LogP contribution in [0.1, 0.15) is 15.9 Å². The third-order valence-electron chi connectivity index (χ3n) is 2.20. The van der Waals surface area contributed by atoms with Crippen molar-refractivity contribution in [1.82, 2.24) is 0 Å². The number of carbonyl (C=O) groups is 1. The monoisotopic (exact) mass is 302 g/mol. The highest BCUT2D eigenvalue weighted by Crippen LogP contribution is 2.37. The van der Waals surface area contributed by atoms with Gasteiger partial charge in [0.2, 0.25) is 0 Å². The van der Waals surface area contributed by atoms with Gasteiger partial charge < -0.3 is 9.84 Å². The number of carboxylic acid groups (broad SMARTS) is 1. The van der Waals surface area contributed by atoms with Crippen LogP contribution in [0.2, 0.25) is 0 Å². The molecule has 0 aliphatic heterocycles. The van der Waals surface area contributed by atoms with Gasteiger partial charge in [0.05, 0.1) is 0 Å². The van der Waals surface area contributed by atoms with E-state index in [0.29, 0.717) is 5.56 Å². The van der Waals surface area contributed by atoms with Gasteiger partial charge in [-0.3, -0.25) is 0 Å². The van der Waals surface area contributed by atoms with E-state index in [2.05, 4.69) is 4.74 Å². The molecular weight excluding hydrogens is 294 g/mol. The Hall–Kier alpha value is -1.93. The molecule has 0 aliphatic carbocycles. The summed E-state index contributed by atoms with van der Waals surface area (Å²) in [6.45, 7) is 1.43. The fraction of sp³-hybridized carbons (Fsp3) is 0.364. The normalized spacial score (nSPS) is 12.6. The van der Waals surface area contributed by atoms with Crippen molar-refractivity contribution in [2.24, 2.45) is 0 Å². The summed E-state index contributed by atoms with van der Waals surface area (Å²) < 4.78 is 77.8. The minimum Gasteiger partial charge on any atom is -0.478 e. The first kappa shape index (κ1) is 16.1. The van der Waals surface area contributed by atoms with Crippen molar-refractivity contribution in [1.29, 1.82) is 0 Å². The highest BCUT2D eigenvalue weighted by Gasteiger charge is 2.59. The Morgan fingerprint density at radius 1 is 1.15 bits per heavy atom. The van der Waals surface area contributed by atoms with E-state index in [-0.39, 0.29) is 0 Å². The Labute approximate surface area is 108 Å². The Bertz CT molecular complexity index is 492. The molecule has 0 radical (unpaired) electrons. The van der Waals surface area contributed by atoms with Gasteiger partial charge >= 0.3 is 18.3 Å². The molecule has 0 spiro atoms. The van der Waals surface area contributed by atoms with Gasteiger partial charge in [0.1, 0.15) is 11.3 Å². The minimum absolute atomic E-state index is 0.352. The van der Waals surface area contributed by atoms with E-state index >= 15 is 0 Å². The zero-order chi connectivity index (χ0) is 15.7. The van der Waals surface area contributed by atoms with E-state index in [1.165, 1.54) is 6.92 Å². The molecule has 0 unspecified atom stereocenters. The predicted octanol–water partition coefficient (Wildman–Crippen LogP) is 3.57. The number of benzene rings is 1.